The van der Waals surface area contributed by atoms with Crippen molar-refractivity contribution in [2.75, 3.05) is 26.8 Å². The Labute approximate surface area is 265 Å². The van der Waals surface area contributed by atoms with Crippen LogP contribution in [0.4, 0.5) is 0 Å². The largest absolute Gasteiger partial charge is 0.384 e. The van der Waals surface area contributed by atoms with Crippen LogP contribution in [-0.4, -0.2) is 79.4 Å². The van der Waals surface area contributed by atoms with Crippen LogP contribution in [0.5, 0.6) is 0 Å². The van der Waals surface area contributed by atoms with Gasteiger partial charge in [0, 0.05) is 38.7 Å². The van der Waals surface area contributed by atoms with Crippen LogP contribution in [0, 0.1) is 5.92 Å². The standard InChI is InChI=1S/C34H47N5O6/c1-23(2)20-28-33(43)36-24(3)31(41)35-17-8-9-18-39(30(40)16-19-45-4)22-26-12-14-27(15-13-26)32(42)37-29(34(44)38-28)21-25-10-6-5-7-11-25/h5-7,10-15,23-24,28-29H,8-9,16-22H2,1-4H3,(H,35,41)(H,36,43)(H,37,42)(H,38,44)/t24-,28+,29-/m1/s1. The normalized spacial score (nSPS) is 20.9. The monoisotopic (exact) mass is 621 g/mol. The van der Waals surface area contributed by atoms with Crippen LogP contribution in [0.15, 0.2) is 54.6 Å². The van der Waals surface area contributed by atoms with Crippen LogP contribution in [-0.2, 0) is 36.9 Å². The molecule has 4 N–H and O–H groups in total. The Morgan fingerprint density at radius 1 is 0.889 bits per heavy atom. The Morgan fingerprint density at radius 2 is 1.58 bits per heavy atom. The predicted octanol–water partition coefficient (Wildman–Crippen LogP) is 2.34. The van der Waals surface area contributed by atoms with Gasteiger partial charge < -0.3 is 30.9 Å². The van der Waals surface area contributed by atoms with Gasteiger partial charge >= 0.3 is 0 Å². The van der Waals surface area contributed by atoms with Gasteiger partial charge in [0.05, 0.1) is 13.0 Å². The molecule has 244 valence electrons. The molecule has 45 heavy (non-hydrogen) atoms. The zero-order valence-corrected chi connectivity index (χ0v) is 26.8. The van der Waals surface area contributed by atoms with Crippen LogP contribution >= 0.6 is 0 Å². The van der Waals surface area contributed by atoms with Gasteiger partial charge in [-0.15, -0.1) is 0 Å². The van der Waals surface area contributed by atoms with Gasteiger partial charge in [-0.3, -0.25) is 24.0 Å². The molecule has 2 aliphatic heterocycles. The summed E-state index contributed by atoms with van der Waals surface area (Å²) in [6.07, 6.45) is 2.09. The first-order chi connectivity index (χ1) is 21.6. The summed E-state index contributed by atoms with van der Waals surface area (Å²) in [6.45, 7) is 7.01. The first kappa shape index (κ1) is 35.2. The quantitative estimate of drug-likeness (QED) is 0.349. The minimum atomic E-state index is -0.967. The van der Waals surface area contributed by atoms with Crippen molar-refractivity contribution < 1.29 is 28.7 Å². The molecule has 0 saturated heterocycles. The second kappa shape index (κ2) is 17.9. The molecule has 2 aliphatic rings. The third-order valence-corrected chi connectivity index (χ3v) is 7.61. The molecule has 0 unspecified atom stereocenters. The molecule has 0 saturated carbocycles. The lowest BCUT2D eigenvalue weighted by molar-refractivity contribution is -0.133. The Hall–Kier alpha value is -4.25. The van der Waals surface area contributed by atoms with Gasteiger partial charge in [0.25, 0.3) is 5.91 Å². The van der Waals surface area contributed by atoms with Crippen LogP contribution in [0.3, 0.4) is 0 Å². The molecule has 0 aromatic heterocycles. The molecule has 2 heterocycles. The van der Waals surface area contributed by atoms with E-state index in [1.54, 1.807) is 43.2 Å². The highest BCUT2D eigenvalue weighted by Crippen LogP contribution is 2.13. The maximum Gasteiger partial charge on any atom is 0.251 e. The van der Waals surface area contributed by atoms with Gasteiger partial charge in [0.1, 0.15) is 18.1 Å². The Morgan fingerprint density at radius 3 is 2.24 bits per heavy atom. The summed E-state index contributed by atoms with van der Waals surface area (Å²) in [7, 11) is 1.55. The second-order valence-electron chi connectivity index (χ2n) is 11.9. The van der Waals surface area contributed by atoms with Gasteiger partial charge in [-0.2, -0.15) is 0 Å². The predicted molar refractivity (Wildman–Crippen MR) is 171 cm³/mol. The fourth-order valence-corrected chi connectivity index (χ4v) is 5.07. The first-order valence-corrected chi connectivity index (χ1v) is 15.7. The van der Waals surface area contributed by atoms with E-state index in [1.165, 1.54) is 0 Å². The van der Waals surface area contributed by atoms with Crippen molar-refractivity contribution in [3.63, 3.8) is 0 Å². The van der Waals surface area contributed by atoms with E-state index in [2.05, 4.69) is 21.3 Å². The molecular formula is C34H47N5O6. The molecule has 3 atom stereocenters. The first-order valence-electron chi connectivity index (χ1n) is 15.7. The lowest BCUT2D eigenvalue weighted by Gasteiger charge is -2.25. The Bertz CT molecular complexity index is 1280. The summed E-state index contributed by atoms with van der Waals surface area (Å²) in [6, 6.07) is 13.6. The number of carbonyl (C=O) groups excluding carboxylic acids is 5. The highest BCUT2D eigenvalue weighted by molar-refractivity contribution is 5.99. The third kappa shape index (κ3) is 11.6. The average molecular weight is 622 g/mol. The summed E-state index contributed by atoms with van der Waals surface area (Å²) in [5.74, 6) is -1.74. The van der Waals surface area contributed by atoms with Crippen LogP contribution in [0.25, 0.3) is 0 Å². The van der Waals surface area contributed by atoms with Crippen LogP contribution in [0.2, 0.25) is 0 Å². The van der Waals surface area contributed by atoms with Crippen LogP contribution in [0.1, 0.15) is 67.9 Å². The fraction of sp³-hybridized carbons (Fsp3) is 0.500. The number of rotatable bonds is 7. The maximum atomic E-state index is 13.7. The molecule has 2 aromatic carbocycles. The van der Waals surface area contributed by atoms with Gasteiger partial charge in [-0.1, -0.05) is 56.3 Å². The molecule has 2 aromatic rings. The summed E-state index contributed by atoms with van der Waals surface area (Å²) in [5, 5.41) is 11.3. The molecule has 11 nitrogen and oxygen atoms in total. The van der Waals surface area contributed by atoms with Gasteiger partial charge in [-0.25, -0.2) is 0 Å². The number of nitrogens with zero attached hydrogens (tertiary/aromatic N) is 1. The van der Waals surface area contributed by atoms with E-state index < -0.39 is 35.8 Å². The van der Waals surface area contributed by atoms with Crippen molar-refractivity contribution in [1.82, 2.24) is 26.2 Å². The summed E-state index contributed by atoms with van der Waals surface area (Å²) < 4.78 is 5.09. The zero-order chi connectivity index (χ0) is 32.8. The van der Waals surface area contributed by atoms with Crippen molar-refractivity contribution in [1.29, 1.82) is 0 Å². The highest BCUT2D eigenvalue weighted by Gasteiger charge is 2.29. The van der Waals surface area contributed by atoms with E-state index in [0.717, 1.165) is 11.1 Å². The molecule has 2 bridgehead atoms. The van der Waals surface area contributed by atoms with E-state index in [9.17, 15) is 24.0 Å². The Balaban J connectivity index is 1.90. The molecular weight excluding hydrogens is 574 g/mol. The van der Waals surface area contributed by atoms with Gasteiger partial charge in [0.2, 0.25) is 23.6 Å². The fourth-order valence-electron chi connectivity index (χ4n) is 5.07. The number of benzene rings is 2. The molecule has 0 fully saturated rings. The summed E-state index contributed by atoms with van der Waals surface area (Å²) >= 11 is 0. The van der Waals surface area contributed by atoms with Crippen molar-refractivity contribution in [3.05, 3.63) is 71.3 Å². The number of nitrogens with one attached hydrogen (secondary N) is 4. The number of ether oxygens (including phenoxy) is 1. The molecule has 0 aliphatic carbocycles. The zero-order valence-electron chi connectivity index (χ0n) is 26.8. The second-order valence-corrected chi connectivity index (χ2v) is 11.9. The topological polar surface area (TPSA) is 146 Å². The van der Waals surface area contributed by atoms with Crippen LogP contribution < -0.4 is 21.3 Å². The summed E-state index contributed by atoms with van der Waals surface area (Å²) in [4.78, 5) is 67.8. The summed E-state index contributed by atoms with van der Waals surface area (Å²) in [5.41, 5.74) is 2.06. The number of fused-ring (bicyclic) bond motifs is 18. The molecule has 4 rings (SSSR count). The van der Waals surface area contributed by atoms with E-state index in [1.807, 2.05) is 44.2 Å². The minimum Gasteiger partial charge on any atom is -0.384 e. The van der Waals surface area contributed by atoms with E-state index in [4.69, 9.17) is 4.74 Å². The van der Waals surface area contributed by atoms with E-state index >= 15 is 0 Å². The number of carbonyl (C=O) groups is 5. The maximum absolute atomic E-state index is 13.7. The number of amides is 5. The molecule has 11 heteroatoms. The van der Waals surface area contributed by atoms with Crippen molar-refractivity contribution in [2.45, 2.75) is 77.5 Å². The number of hydrogen-bond donors (Lipinski definition) is 4. The number of hydrogen-bond acceptors (Lipinski definition) is 6. The lowest BCUT2D eigenvalue weighted by atomic mass is 10.0. The Kier molecular flexibility index (Phi) is 14.0. The SMILES string of the molecule is COCCC(=O)N1CCCCNC(=O)[C@@H](C)NC(=O)[C@H](CC(C)C)NC(=O)[C@@H](Cc2ccccc2)NC(=O)c2ccc(cc2)C1. The van der Waals surface area contributed by atoms with Crippen molar-refractivity contribution in [3.8, 4) is 0 Å². The molecule has 5 amide bonds. The van der Waals surface area contributed by atoms with Crippen molar-refractivity contribution >= 4 is 29.5 Å². The molecule has 0 radical (unpaired) electrons. The van der Waals surface area contributed by atoms with Gasteiger partial charge in [-0.05, 0) is 55.4 Å². The van der Waals surface area contributed by atoms with E-state index in [0.29, 0.717) is 51.1 Å². The van der Waals surface area contributed by atoms with Gasteiger partial charge in [0.15, 0.2) is 0 Å². The smallest absolute Gasteiger partial charge is 0.251 e. The number of methoxy groups -OCH3 is 1. The highest BCUT2D eigenvalue weighted by atomic mass is 16.5. The average Bonchev–Trinajstić information content (AvgIpc) is 3.02. The van der Waals surface area contributed by atoms with E-state index in [-0.39, 0.29) is 30.6 Å². The van der Waals surface area contributed by atoms with Crippen molar-refractivity contribution in [2.24, 2.45) is 5.92 Å². The third-order valence-electron chi connectivity index (χ3n) is 7.61. The molecule has 0 spiro atoms. The minimum absolute atomic E-state index is 0.0526. The lowest BCUT2D eigenvalue weighted by Crippen LogP contribution is -2.57.